The molecule has 0 aromatic rings. The summed E-state index contributed by atoms with van der Waals surface area (Å²) < 4.78 is 0. The van der Waals surface area contributed by atoms with Crippen molar-refractivity contribution in [2.45, 2.75) is 38.0 Å². The summed E-state index contributed by atoms with van der Waals surface area (Å²) in [5, 5.41) is 22.4. The van der Waals surface area contributed by atoms with Crippen LogP contribution in [-0.2, 0) is 4.79 Å². The number of hydrogen-bond acceptors (Lipinski definition) is 4. The predicted molar refractivity (Wildman–Crippen MR) is 58.8 cm³/mol. The Morgan fingerprint density at radius 1 is 1.50 bits per heavy atom. The van der Waals surface area contributed by atoms with Gasteiger partial charge < -0.3 is 20.4 Å². The second kappa shape index (κ2) is 3.98. The maximum absolute atomic E-state index is 11.9. The van der Waals surface area contributed by atoms with Crippen molar-refractivity contribution in [1.82, 2.24) is 10.2 Å². The van der Waals surface area contributed by atoms with Gasteiger partial charge in [0.25, 0.3) is 0 Å². The molecule has 0 bridgehead atoms. The summed E-state index contributed by atoms with van der Waals surface area (Å²) in [4.78, 5) is 13.6. The number of nitrogens with zero attached hydrogens (tertiary/aromatic N) is 1. The first-order valence-electron chi connectivity index (χ1n) is 5.85. The van der Waals surface area contributed by atoms with Crippen LogP contribution in [0.1, 0.15) is 20.3 Å². The Kier molecular flexibility index (Phi) is 2.94. The van der Waals surface area contributed by atoms with Crippen molar-refractivity contribution in [3.8, 4) is 0 Å². The molecule has 0 saturated carbocycles. The number of carbonyl (C=O) groups excluding carboxylic acids is 1. The molecular weight excluding hydrogens is 208 g/mol. The highest BCUT2D eigenvalue weighted by Crippen LogP contribution is 2.29. The van der Waals surface area contributed by atoms with Crippen molar-refractivity contribution >= 4 is 5.91 Å². The fraction of sp³-hybridized carbons (Fsp3) is 0.909. The Morgan fingerprint density at radius 3 is 2.56 bits per heavy atom. The van der Waals surface area contributed by atoms with E-state index in [1.54, 1.807) is 4.90 Å². The van der Waals surface area contributed by atoms with E-state index in [1.807, 2.05) is 13.8 Å². The van der Waals surface area contributed by atoms with Crippen LogP contribution in [0, 0.1) is 5.92 Å². The molecule has 0 spiro atoms. The van der Waals surface area contributed by atoms with E-state index in [2.05, 4.69) is 5.32 Å². The zero-order valence-corrected chi connectivity index (χ0v) is 9.81. The number of rotatable bonds is 2. The predicted octanol–water partition coefficient (Wildman–Crippen LogP) is -1.06. The normalized spacial score (nSPS) is 32.9. The Balaban J connectivity index is 1.86. The Labute approximate surface area is 95.4 Å². The first kappa shape index (κ1) is 11.8. The molecule has 92 valence electrons. The molecule has 0 aromatic carbocycles. The lowest BCUT2D eigenvalue weighted by molar-refractivity contribution is -0.165. The molecule has 2 unspecified atom stereocenters. The molecule has 5 heteroatoms. The minimum atomic E-state index is -0.715. The smallest absolute Gasteiger partial charge is 0.240 e. The van der Waals surface area contributed by atoms with E-state index >= 15 is 0 Å². The van der Waals surface area contributed by atoms with E-state index in [1.165, 1.54) is 0 Å². The van der Waals surface area contributed by atoms with Crippen molar-refractivity contribution in [3.05, 3.63) is 0 Å². The lowest BCUT2D eigenvalue weighted by Gasteiger charge is -2.49. The third-order valence-electron chi connectivity index (χ3n) is 3.72. The summed E-state index contributed by atoms with van der Waals surface area (Å²) in [6.45, 7) is 5.23. The second-order valence-electron chi connectivity index (χ2n) is 5.30. The molecule has 2 fully saturated rings. The first-order valence-corrected chi connectivity index (χ1v) is 5.85. The molecule has 0 aromatic heterocycles. The lowest BCUT2D eigenvalue weighted by atomic mass is 9.82. The highest BCUT2D eigenvalue weighted by atomic mass is 16.3. The quantitative estimate of drug-likeness (QED) is 0.563. The summed E-state index contributed by atoms with van der Waals surface area (Å²) in [7, 11) is 0. The van der Waals surface area contributed by atoms with Crippen molar-refractivity contribution < 1.29 is 15.0 Å². The molecule has 5 nitrogen and oxygen atoms in total. The average molecular weight is 228 g/mol. The van der Waals surface area contributed by atoms with Gasteiger partial charge in [0.15, 0.2) is 0 Å². The Bertz CT molecular complexity index is 287. The van der Waals surface area contributed by atoms with Crippen LogP contribution in [0.5, 0.6) is 0 Å². The molecule has 2 heterocycles. The third kappa shape index (κ3) is 1.95. The van der Waals surface area contributed by atoms with E-state index in [9.17, 15) is 15.0 Å². The highest BCUT2D eigenvalue weighted by Gasteiger charge is 2.47. The molecule has 2 rings (SSSR count). The molecule has 0 aliphatic carbocycles. The van der Waals surface area contributed by atoms with Gasteiger partial charge in [-0.1, -0.05) is 13.8 Å². The van der Waals surface area contributed by atoms with Gasteiger partial charge in [-0.25, -0.2) is 0 Å². The van der Waals surface area contributed by atoms with Gasteiger partial charge in [-0.2, -0.15) is 0 Å². The topological polar surface area (TPSA) is 72.8 Å². The van der Waals surface area contributed by atoms with Gasteiger partial charge in [0.2, 0.25) is 5.91 Å². The van der Waals surface area contributed by atoms with Gasteiger partial charge in [-0.3, -0.25) is 4.79 Å². The molecule has 2 aliphatic heterocycles. The van der Waals surface area contributed by atoms with Gasteiger partial charge in [0.1, 0.15) is 5.60 Å². The zero-order chi connectivity index (χ0) is 11.9. The van der Waals surface area contributed by atoms with Crippen molar-refractivity contribution in [2.24, 2.45) is 5.92 Å². The van der Waals surface area contributed by atoms with Gasteiger partial charge in [-0.05, 0) is 12.3 Å². The molecule has 2 aliphatic rings. The largest absolute Gasteiger partial charge is 0.392 e. The van der Waals surface area contributed by atoms with Crippen LogP contribution in [0.2, 0.25) is 0 Å². The number of nitrogens with one attached hydrogen (secondary N) is 1. The first-order chi connectivity index (χ1) is 7.42. The zero-order valence-electron chi connectivity index (χ0n) is 9.81. The monoisotopic (exact) mass is 228 g/mol. The number of aliphatic hydroxyl groups excluding tert-OH is 1. The van der Waals surface area contributed by atoms with E-state index in [0.29, 0.717) is 26.1 Å². The molecule has 16 heavy (non-hydrogen) atoms. The SMILES string of the molecule is CC(C)C1(O)CN(C(=O)C2CC(O)CN2)C1. The van der Waals surface area contributed by atoms with Crippen molar-refractivity contribution in [2.75, 3.05) is 19.6 Å². The van der Waals surface area contributed by atoms with Crippen molar-refractivity contribution in [3.63, 3.8) is 0 Å². The van der Waals surface area contributed by atoms with E-state index in [-0.39, 0.29) is 17.9 Å². The van der Waals surface area contributed by atoms with Gasteiger partial charge in [-0.15, -0.1) is 0 Å². The number of amides is 1. The van der Waals surface area contributed by atoms with Gasteiger partial charge in [0.05, 0.1) is 25.2 Å². The maximum Gasteiger partial charge on any atom is 0.240 e. The average Bonchev–Trinajstić information content (AvgIpc) is 2.58. The highest BCUT2D eigenvalue weighted by molar-refractivity contribution is 5.83. The Morgan fingerprint density at radius 2 is 2.12 bits per heavy atom. The summed E-state index contributed by atoms with van der Waals surface area (Å²) in [6, 6.07) is -0.272. The molecule has 2 saturated heterocycles. The number of hydrogen-bond donors (Lipinski definition) is 3. The number of β-amino-alcohol motifs (C(OH)–C–C–N with tert-alkyl or cyclic N) is 2. The summed E-state index contributed by atoms with van der Waals surface area (Å²) in [5.74, 6) is 0.167. The molecule has 2 atom stereocenters. The van der Waals surface area contributed by atoms with Crippen LogP contribution in [0.4, 0.5) is 0 Å². The summed E-state index contributed by atoms with van der Waals surface area (Å²) >= 11 is 0. The molecular formula is C11H20N2O3. The summed E-state index contributed by atoms with van der Waals surface area (Å²) in [5.41, 5.74) is -0.715. The number of carbonyl (C=O) groups is 1. The second-order valence-corrected chi connectivity index (χ2v) is 5.30. The van der Waals surface area contributed by atoms with E-state index in [0.717, 1.165) is 0 Å². The van der Waals surface area contributed by atoms with Crippen LogP contribution < -0.4 is 5.32 Å². The van der Waals surface area contributed by atoms with Crippen LogP contribution in [0.3, 0.4) is 0 Å². The van der Waals surface area contributed by atoms with Crippen LogP contribution in [-0.4, -0.2) is 58.4 Å². The van der Waals surface area contributed by atoms with Gasteiger partial charge in [0, 0.05) is 6.54 Å². The molecule has 3 N–H and O–H groups in total. The van der Waals surface area contributed by atoms with Gasteiger partial charge >= 0.3 is 0 Å². The van der Waals surface area contributed by atoms with Crippen molar-refractivity contribution in [1.29, 1.82) is 0 Å². The van der Waals surface area contributed by atoms with Crippen LogP contribution in [0.25, 0.3) is 0 Å². The van der Waals surface area contributed by atoms with Crippen LogP contribution >= 0.6 is 0 Å². The summed E-state index contributed by atoms with van der Waals surface area (Å²) in [6.07, 6.45) is 0.0642. The number of aliphatic hydroxyl groups is 2. The van der Waals surface area contributed by atoms with E-state index in [4.69, 9.17) is 0 Å². The number of likely N-dealkylation sites (tertiary alicyclic amines) is 1. The minimum absolute atomic E-state index is 0.00174. The fourth-order valence-electron chi connectivity index (χ4n) is 2.26. The Hall–Kier alpha value is -0.650. The maximum atomic E-state index is 11.9. The lowest BCUT2D eigenvalue weighted by Crippen LogP contribution is -2.67. The van der Waals surface area contributed by atoms with E-state index < -0.39 is 11.7 Å². The fourth-order valence-corrected chi connectivity index (χ4v) is 2.26. The third-order valence-corrected chi connectivity index (χ3v) is 3.72. The molecule has 0 radical (unpaired) electrons. The standard InChI is InChI=1S/C11H20N2O3/c1-7(2)11(16)5-13(6-11)10(15)9-3-8(14)4-12-9/h7-9,12,14,16H,3-6H2,1-2H3. The molecule has 1 amide bonds. The van der Waals surface area contributed by atoms with Crippen LogP contribution in [0.15, 0.2) is 0 Å². The minimum Gasteiger partial charge on any atom is -0.392 e.